The molecule has 0 amide bonds. The first-order valence-corrected chi connectivity index (χ1v) is 6.80. The van der Waals surface area contributed by atoms with E-state index in [1.807, 2.05) is 6.07 Å². The van der Waals surface area contributed by atoms with Gasteiger partial charge < -0.3 is 9.84 Å². The third-order valence-electron chi connectivity index (χ3n) is 3.45. The Balaban J connectivity index is 1.87. The molecule has 1 heterocycles. The average Bonchev–Trinajstić information content (AvgIpc) is 2.76. The van der Waals surface area contributed by atoms with Crippen molar-refractivity contribution in [1.29, 1.82) is 0 Å². The van der Waals surface area contributed by atoms with Crippen molar-refractivity contribution in [2.24, 2.45) is 0 Å². The molecule has 18 heavy (non-hydrogen) atoms. The lowest BCUT2D eigenvalue weighted by Gasteiger charge is -2.24. The summed E-state index contributed by atoms with van der Waals surface area (Å²) in [7, 11) is 0. The van der Waals surface area contributed by atoms with Crippen LogP contribution in [-0.4, -0.2) is 41.9 Å². The molecule has 1 saturated heterocycles. The molecule has 3 heteroatoms. The second kappa shape index (κ2) is 6.88. The van der Waals surface area contributed by atoms with Gasteiger partial charge in [0.25, 0.3) is 0 Å². The van der Waals surface area contributed by atoms with Crippen LogP contribution in [-0.2, 0) is 11.3 Å². The van der Waals surface area contributed by atoms with Crippen molar-refractivity contribution in [2.75, 3.05) is 19.7 Å². The first-order valence-electron chi connectivity index (χ1n) is 6.80. The summed E-state index contributed by atoms with van der Waals surface area (Å²) >= 11 is 0. The third-order valence-corrected chi connectivity index (χ3v) is 3.45. The largest absolute Gasteiger partial charge is 0.395 e. The Morgan fingerprint density at radius 1 is 1.28 bits per heavy atom. The van der Waals surface area contributed by atoms with E-state index in [4.69, 9.17) is 9.84 Å². The Labute approximate surface area is 109 Å². The Bertz CT molecular complexity index is 342. The van der Waals surface area contributed by atoms with Crippen LogP contribution >= 0.6 is 0 Å². The molecule has 1 fully saturated rings. The van der Waals surface area contributed by atoms with Crippen LogP contribution in [0.15, 0.2) is 30.3 Å². The Morgan fingerprint density at radius 3 is 2.67 bits per heavy atom. The minimum atomic E-state index is 0.203. The van der Waals surface area contributed by atoms with Crippen LogP contribution in [0.3, 0.4) is 0 Å². The summed E-state index contributed by atoms with van der Waals surface area (Å²) in [5.74, 6) is 0. The van der Waals surface area contributed by atoms with Gasteiger partial charge in [0.05, 0.1) is 18.8 Å². The molecule has 2 atom stereocenters. The SMILES string of the molecule is CC1CCC(CN(CCO)Cc2ccccc2)O1. The molecule has 100 valence electrons. The highest BCUT2D eigenvalue weighted by atomic mass is 16.5. The molecular formula is C15H23NO2. The lowest BCUT2D eigenvalue weighted by Crippen LogP contribution is -2.34. The predicted octanol–water partition coefficient (Wildman–Crippen LogP) is 2.05. The summed E-state index contributed by atoms with van der Waals surface area (Å²) in [6.07, 6.45) is 3.01. The molecule has 1 aliphatic rings. The van der Waals surface area contributed by atoms with Gasteiger partial charge in [-0.2, -0.15) is 0 Å². The van der Waals surface area contributed by atoms with Gasteiger partial charge in [-0.1, -0.05) is 30.3 Å². The molecule has 1 aliphatic heterocycles. The molecule has 0 saturated carbocycles. The van der Waals surface area contributed by atoms with Crippen LogP contribution in [0.5, 0.6) is 0 Å². The van der Waals surface area contributed by atoms with Gasteiger partial charge in [-0.3, -0.25) is 4.90 Å². The van der Waals surface area contributed by atoms with Gasteiger partial charge in [0.1, 0.15) is 0 Å². The second-order valence-corrected chi connectivity index (χ2v) is 5.09. The monoisotopic (exact) mass is 249 g/mol. The summed E-state index contributed by atoms with van der Waals surface area (Å²) in [6.45, 7) is 4.85. The molecule has 0 spiro atoms. The van der Waals surface area contributed by atoms with E-state index in [1.165, 1.54) is 5.56 Å². The molecule has 0 bridgehead atoms. The zero-order valence-corrected chi connectivity index (χ0v) is 11.1. The Kier molecular flexibility index (Phi) is 5.17. The Hall–Kier alpha value is -0.900. The van der Waals surface area contributed by atoms with Crippen LogP contribution in [0, 0.1) is 0 Å². The van der Waals surface area contributed by atoms with Gasteiger partial charge in [-0.25, -0.2) is 0 Å². The van der Waals surface area contributed by atoms with Crippen LogP contribution in [0.25, 0.3) is 0 Å². The first kappa shape index (κ1) is 13.5. The molecule has 0 aliphatic carbocycles. The van der Waals surface area contributed by atoms with Gasteiger partial charge in [-0.15, -0.1) is 0 Å². The summed E-state index contributed by atoms with van der Waals surface area (Å²) in [4.78, 5) is 2.28. The van der Waals surface area contributed by atoms with Gasteiger partial charge in [0.2, 0.25) is 0 Å². The molecule has 2 rings (SSSR count). The number of hydrogen-bond donors (Lipinski definition) is 1. The highest BCUT2D eigenvalue weighted by Crippen LogP contribution is 2.20. The van der Waals surface area contributed by atoms with Gasteiger partial charge in [-0.05, 0) is 25.3 Å². The van der Waals surface area contributed by atoms with Crippen LogP contribution in [0.1, 0.15) is 25.3 Å². The highest BCUT2D eigenvalue weighted by molar-refractivity contribution is 5.14. The number of benzene rings is 1. The predicted molar refractivity (Wildman–Crippen MR) is 72.4 cm³/mol. The Morgan fingerprint density at radius 2 is 2.06 bits per heavy atom. The van der Waals surface area contributed by atoms with E-state index in [0.717, 1.165) is 25.9 Å². The van der Waals surface area contributed by atoms with Crippen molar-refractivity contribution in [3.8, 4) is 0 Å². The van der Waals surface area contributed by atoms with Crippen molar-refractivity contribution < 1.29 is 9.84 Å². The van der Waals surface area contributed by atoms with Crippen molar-refractivity contribution >= 4 is 0 Å². The summed E-state index contributed by atoms with van der Waals surface area (Å²) in [5.41, 5.74) is 1.29. The zero-order chi connectivity index (χ0) is 12.8. The van der Waals surface area contributed by atoms with Gasteiger partial charge in [0, 0.05) is 19.6 Å². The van der Waals surface area contributed by atoms with Crippen molar-refractivity contribution in [2.45, 2.75) is 38.5 Å². The minimum absolute atomic E-state index is 0.203. The molecular weight excluding hydrogens is 226 g/mol. The maximum absolute atomic E-state index is 9.16. The van der Waals surface area contributed by atoms with Crippen LogP contribution in [0.2, 0.25) is 0 Å². The fraction of sp³-hybridized carbons (Fsp3) is 0.600. The van der Waals surface area contributed by atoms with Crippen molar-refractivity contribution in [1.82, 2.24) is 4.90 Å². The molecule has 1 aromatic rings. The van der Waals surface area contributed by atoms with E-state index >= 15 is 0 Å². The number of hydrogen-bond acceptors (Lipinski definition) is 3. The zero-order valence-electron chi connectivity index (χ0n) is 11.1. The summed E-state index contributed by atoms with van der Waals surface area (Å²) in [6, 6.07) is 10.4. The smallest absolute Gasteiger partial charge is 0.0706 e. The topological polar surface area (TPSA) is 32.7 Å². The third kappa shape index (κ3) is 4.09. The lowest BCUT2D eigenvalue weighted by atomic mass is 10.1. The van der Waals surface area contributed by atoms with E-state index < -0.39 is 0 Å². The van der Waals surface area contributed by atoms with Gasteiger partial charge in [0.15, 0.2) is 0 Å². The molecule has 2 unspecified atom stereocenters. The normalized spacial score (nSPS) is 23.7. The van der Waals surface area contributed by atoms with E-state index in [9.17, 15) is 0 Å². The number of aliphatic hydroxyl groups is 1. The van der Waals surface area contributed by atoms with Crippen LogP contribution < -0.4 is 0 Å². The van der Waals surface area contributed by atoms with Crippen molar-refractivity contribution in [3.63, 3.8) is 0 Å². The average molecular weight is 249 g/mol. The molecule has 0 radical (unpaired) electrons. The van der Waals surface area contributed by atoms with Crippen molar-refractivity contribution in [3.05, 3.63) is 35.9 Å². The fourth-order valence-corrected chi connectivity index (χ4v) is 2.53. The summed E-state index contributed by atoms with van der Waals surface area (Å²) < 4.78 is 5.85. The fourth-order valence-electron chi connectivity index (χ4n) is 2.53. The quantitative estimate of drug-likeness (QED) is 0.837. The first-order chi connectivity index (χ1) is 8.78. The van der Waals surface area contributed by atoms with Gasteiger partial charge >= 0.3 is 0 Å². The van der Waals surface area contributed by atoms with E-state index in [-0.39, 0.29) is 6.61 Å². The number of rotatable bonds is 6. The standard InChI is InChI=1S/C15H23NO2/c1-13-7-8-15(18-13)12-16(9-10-17)11-14-5-3-2-4-6-14/h2-6,13,15,17H,7-12H2,1H3. The van der Waals surface area contributed by atoms with E-state index in [0.29, 0.717) is 18.8 Å². The highest BCUT2D eigenvalue weighted by Gasteiger charge is 2.23. The van der Waals surface area contributed by atoms with E-state index in [2.05, 4.69) is 36.1 Å². The molecule has 1 N–H and O–H groups in total. The molecule has 3 nitrogen and oxygen atoms in total. The maximum atomic E-state index is 9.16. The number of ether oxygens (including phenoxy) is 1. The summed E-state index contributed by atoms with van der Waals surface area (Å²) in [5, 5.41) is 9.16. The number of nitrogens with zero attached hydrogens (tertiary/aromatic N) is 1. The molecule has 1 aromatic carbocycles. The maximum Gasteiger partial charge on any atom is 0.0706 e. The minimum Gasteiger partial charge on any atom is -0.395 e. The second-order valence-electron chi connectivity index (χ2n) is 5.09. The number of aliphatic hydroxyl groups excluding tert-OH is 1. The lowest BCUT2D eigenvalue weighted by molar-refractivity contribution is 0.0263. The van der Waals surface area contributed by atoms with E-state index in [1.54, 1.807) is 0 Å². The molecule has 0 aromatic heterocycles. The van der Waals surface area contributed by atoms with Crippen LogP contribution in [0.4, 0.5) is 0 Å².